The SMILES string of the molecule is CNC(=O)c1nnc(Nc2ccc(F)cn2)cc1Nc1cccc2c1OCc1nnnn1-2. The molecule has 1 amide bonds. The minimum Gasteiger partial charge on any atom is -0.481 e. The van der Waals surface area contributed by atoms with E-state index < -0.39 is 11.7 Å². The summed E-state index contributed by atoms with van der Waals surface area (Å²) in [4.78, 5) is 16.3. The molecule has 0 aliphatic carbocycles. The number of carbonyl (C=O) groups is 1. The molecule has 4 aromatic rings. The van der Waals surface area contributed by atoms with Gasteiger partial charge in [-0.15, -0.1) is 15.3 Å². The number of nitrogens with one attached hydrogen (secondary N) is 3. The number of halogens is 1. The first kappa shape index (κ1) is 19.3. The van der Waals surface area contributed by atoms with E-state index in [1.165, 1.54) is 19.2 Å². The first-order valence-corrected chi connectivity index (χ1v) is 9.41. The molecule has 13 heteroatoms. The Morgan fingerprint density at radius 2 is 2.00 bits per heavy atom. The number of aromatic nitrogens is 7. The van der Waals surface area contributed by atoms with Crippen molar-refractivity contribution in [1.29, 1.82) is 0 Å². The second-order valence-electron chi connectivity index (χ2n) is 6.63. The summed E-state index contributed by atoms with van der Waals surface area (Å²) in [5.74, 6) is 0.864. The summed E-state index contributed by atoms with van der Waals surface area (Å²) in [6, 6.07) is 9.72. The lowest BCUT2D eigenvalue weighted by atomic mass is 10.2. The molecule has 0 radical (unpaired) electrons. The molecule has 0 saturated heterocycles. The number of rotatable bonds is 5. The summed E-state index contributed by atoms with van der Waals surface area (Å²) in [5, 5.41) is 28.3. The van der Waals surface area contributed by atoms with Gasteiger partial charge in [0.05, 0.1) is 17.6 Å². The number of hydrogen-bond acceptors (Lipinski definition) is 10. The van der Waals surface area contributed by atoms with E-state index in [-0.39, 0.29) is 12.3 Å². The van der Waals surface area contributed by atoms with E-state index in [2.05, 4.69) is 46.7 Å². The lowest BCUT2D eigenvalue weighted by Crippen LogP contribution is -2.22. The van der Waals surface area contributed by atoms with Gasteiger partial charge in [0.2, 0.25) is 0 Å². The predicted octanol–water partition coefficient (Wildman–Crippen LogP) is 1.73. The Balaban J connectivity index is 1.52. The molecule has 1 aliphatic rings. The van der Waals surface area contributed by atoms with Gasteiger partial charge < -0.3 is 20.7 Å². The van der Waals surface area contributed by atoms with Crippen LogP contribution < -0.4 is 20.7 Å². The van der Waals surface area contributed by atoms with Crippen molar-refractivity contribution in [3.8, 4) is 11.4 Å². The standard InChI is InChI=1S/C19H15FN10O2/c1-21-19(31)17-12(7-15(25-27-17)24-14-6-5-10(20)8-22-14)23-11-3-2-4-13-18(11)32-9-16-26-28-29-30(13)16/h2-8H,9H2,1H3,(H,21,31)(H2,22,23,24,25). The van der Waals surface area contributed by atoms with Gasteiger partial charge in [0.25, 0.3) is 5.91 Å². The van der Waals surface area contributed by atoms with Gasteiger partial charge in [0, 0.05) is 13.1 Å². The van der Waals surface area contributed by atoms with Crippen LogP contribution in [0.3, 0.4) is 0 Å². The maximum atomic E-state index is 13.1. The van der Waals surface area contributed by atoms with Crippen molar-refractivity contribution in [2.45, 2.75) is 6.61 Å². The topological polar surface area (TPSA) is 145 Å². The number of amides is 1. The highest BCUT2D eigenvalue weighted by atomic mass is 19.1. The Labute approximate surface area is 179 Å². The zero-order valence-corrected chi connectivity index (χ0v) is 16.6. The fourth-order valence-corrected chi connectivity index (χ4v) is 3.12. The number of fused-ring (bicyclic) bond motifs is 3. The Hall–Kier alpha value is -4.68. The molecule has 3 aromatic heterocycles. The predicted molar refractivity (Wildman–Crippen MR) is 110 cm³/mol. The number of tetrazole rings is 1. The lowest BCUT2D eigenvalue weighted by Gasteiger charge is -2.21. The second kappa shape index (κ2) is 7.86. The third-order valence-electron chi connectivity index (χ3n) is 4.59. The summed E-state index contributed by atoms with van der Waals surface area (Å²) in [5.41, 5.74) is 1.66. The Morgan fingerprint density at radius 1 is 1.09 bits per heavy atom. The Bertz CT molecular complexity index is 1310. The van der Waals surface area contributed by atoms with E-state index in [0.717, 1.165) is 6.20 Å². The number of hydrogen-bond donors (Lipinski definition) is 3. The number of carbonyl (C=O) groups excluding carboxylic acids is 1. The highest BCUT2D eigenvalue weighted by Crippen LogP contribution is 2.37. The second-order valence-corrected chi connectivity index (χ2v) is 6.63. The summed E-state index contributed by atoms with van der Waals surface area (Å²) >= 11 is 0. The van der Waals surface area contributed by atoms with E-state index in [0.29, 0.717) is 40.3 Å². The van der Waals surface area contributed by atoms with Crippen LogP contribution in [0.15, 0.2) is 42.6 Å². The highest BCUT2D eigenvalue weighted by molar-refractivity contribution is 5.98. The summed E-state index contributed by atoms with van der Waals surface area (Å²) in [6.07, 6.45) is 1.08. The number of pyridine rings is 1. The highest BCUT2D eigenvalue weighted by Gasteiger charge is 2.23. The molecule has 0 saturated carbocycles. The van der Waals surface area contributed by atoms with Crippen LogP contribution in [0, 0.1) is 5.82 Å². The first-order chi connectivity index (χ1) is 15.6. The Kier molecular flexibility index (Phi) is 4.74. The van der Waals surface area contributed by atoms with Crippen molar-refractivity contribution >= 4 is 28.9 Å². The molecule has 12 nitrogen and oxygen atoms in total. The van der Waals surface area contributed by atoms with Crippen LogP contribution in [-0.4, -0.2) is 48.3 Å². The van der Waals surface area contributed by atoms with Gasteiger partial charge >= 0.3 is 0 Å². The van der Waals surface area contributed by atoms with Crippen molar-refractivity contribution in [1.82, 2.24) is 40.7 Å². The lowest BCUT2D eigenvalue weighted by molar-refractivity contribution is 0.0958. The van der Waals surface area contributed by atoms with Crippen LogP contribution in [0.2, 0.25) is 0 Å². The molecule has 1 aromatic carbocycles. The van der Waals surface area contributed by atoms with Crippen molar-refractivity contribution in [2.24, 2.45) is 0 Å². The molecule has 0 spiro atoms. The maximum Gasteiger partial charge on any atom is 0.273 e. The van der Waals surface area contributed by atoms with Crippen LogP contribution in [0.1, 0.15) is 16.3 Å². The molecular weight excluding hydrogens is 419 g/mol. The van der Waals surface area contributed by atoms with Crippen LogP contribution in [-0.2, 0) is 6.61 Å². The maximum absolute atomic E-state index is 13.1. The smallest absolute Gasteiger partial charge is 0.273 e. The van der Waals surface area contributed by atoms with E-state index in [9.17, 15) is 9.18 Å². The third-order valence-corrected chi connectivity index (χ3v) is 4.59. The number of benzene rings is 1. The number of nitrogens with zero attached hydrogens (tertiary/aromatic N) is 7. The van der Waals surface area contributed by atoms with Crippen LogP contribution in [0.25, 0.3) is 5.69 Å². The summed E-state index contributed by atoms with van der Waals surface area (Å²) < 4.78 is 20.6. The minimum atomic E-state index is -0.460. The van der Waals surface area contributed by atoms with Crippen molar-refractivity contribution in [2.75, 3.05) is 17.7 Å². The number of anilines is 4. The molecule has 4 heterocycles. The largest absolute Gasteiger partial charge is 0.481 e. The zero-order chi connectivity index (χ0) is 22.1. The molecule has 160 valence electrons. The number of ether oxygens (including phenoxy) is 1. The van der Waals surface area contributed by atoms with E-state index in [4.69, 9.17) is 4.74 Å². The van der Waals surface area contributed by atoms with Crippen molar-refractivity contribution in [3.63, 3.8) is 0 Å². The van der Waals surface area contributed by atoms with E-state index in [1.807, 2.05) is 6.07 Å². The third kappa shape index (κ3) is 3.51. The van der Waals surface area contributed by atoms with Crippen molar-refractivity contribution in [3.05, 3.63) is 59.9 Å². The van der Waals surface area contributed by atoms with Gasteiger partial charge in [-0.2, -0.15) is 4.68 Å². The van der Waals surface area contributed by atoms with Gasteiger partial charge in [-0.1, -0.05) is 6.07 Å². The normalized spacial score (nSPS) is 11.7. The molecule has 0 fully saturated rings. The van der Waals surface area contributed by atoms with Gasteiger partial charge in [-0.25, -0.2) is 9.37 Å². The molecular formula is C19H15FN10O2. The molecule has 0 bridgehead atoms. The minimum absolute atomic E-state index is 0.0710. The van der Waals surface area contributed by atoms with Gasteiger partial charge in [0.1, 0.15) is 17.3 Å². The van der Waals surface area contributed by atoms with E-state index >= 15 is 0 Å². The zero-order valence-electron chi connectivity index (χ0n) is 16.6. The molecule has 1 aliphatic heterocycles. The molecule has 5 rings (SSSR count). The average Bonchev–Trinajstić information content (AvgIpc) is 3.30. The fraction of sp³-hybridized carbons (Fsp3) is 0.105. The van der Waals surface area contributed by atoms with Crippen molar-refractivity contribution < 1.29 is 13.9 Å². The Morgan fingerprint density at radius 3 is 2.81 bits per heavy atom. The van der Waals surface area contributed by atoms with Gasteiger partial charge in [-0.3, -0.25) is 4.79 Å². The summed E-state index contributed by atoms with van der Waals surface area (Å²) in [7, 11) is 1.50. The van der Waals surface area contributed by atoms with Crippen LogP contribution in [0.5, 0.6) is 5.75 Å². The molecule has 3 N–H and O–H groups in total. The van der Waals surface area contributed by atoms with Crippen LogP contribution in [0.4, 0.5) is 27.4 Å². The number of para-hydroxylation sites is 1. The van der Waals surface area contributed by atoms with Gasteiger partial charge in [-0.05, 0) is 34.7 Å². The molecule has 32 heavy (non-hydrogen) atoms. The average molecular weight is 434 g/mol. The van der Waals surface area contributed by atoms with E-state index in [1.54, 1.807) is 22.9 Å². The molecule has 0 atom stereocenters. The molecule has 0 unspecified atom stereocenters. The fourth-order valence-electron chi connectivity index (χ4n) is 3.12. The summed E-state index contributed by atoms with van der Waals surface area (Å²) in [6.45, 7) is 0.193. The van der Waals surface area contributed by atoms with Gasteiger partial charge in [0.15, 0.2) is 29.7 Å². The quantitative estimate of drug-likeness (QED) is 0.424. The first-order valence-electron chi connectivity index (χ1n) is 9.41. The monoisotopic (exact) mass is 434 g/mol. The van der Waals surface area contributed by atoms with Crippen LogP contribution >= 0.6 is 0 Å².